The molecule has 2 rings (SSSR count). The molecule has 0 radical (unpaired) electrons. The Labute approximate surface area is 106 Å². The van der Waals surface area contributed by atoms with Crippen LogP contribution >= 0.6 is 11.6 Å². The van der Waals surface area contributed by atoms with Crippen LogP contribution in [0.3, 0.4) is 0 Å². The minimum absolute atomic E-state index is 0.0400. The van der Waals surface area contributed by atoms with Crippen LogP contribution in [0, 0.1) is 5.92 Å². The van der Waals surface area contributed by atoms with Crippen molar-refractivity contribution in [2.45, 2.75) is 18.2 Å². The number of benzene rings is 1. The molecular formula is C13H16ClNO2. The molecule has 1 saturated carbocycles. The summed E-state index contributed by atoms with van der Waals surface area (Å²) in [7, 11) is 0. The van der Waals surface area contributed by atoms with Gasteiger partial charge in [0.1, 0.15) is 5.75 Å². The molecule has 1 amide bonds. The number of ether oxygens (including phenoxy) is 1. The summed E-state index contributed by atoms with van der Waals surface area (Å²) < 4.78 is 5.32. The average Bonchev–Trinajstić information content (AvgIpc) is 3.19. The fourth-order valence-corrected chi connectivity index (χ4v) is 1.88. The molecule has 1 aromatic rings. The molecule has 4 heteroatoms. The highest BCUT2D eigenvalue weighted by Gasteiger charge is 2.29. The van der Waals surface area contributed by atoms with Crippen LogP contribution < -0.4 is 10.1 Å². The minimum atomic E-state index is -0.125. The standard InChI is InChI=1S/C13H16ClNO2/c14-12(10-6-7-10)8-15-13(16)9-17-11-4-2-1-3-5-11/h1-5,10,12H,6-9H2,(H,15,16). The molecular weight excluding hydrogens is 238 g/mol. The number of rotatable bonds is 6. The van der Waals surface area contributed by atoms with E-state index in [1.54, 1.807) is 0 Å². The van der Waals surface area contributed by atoms with E-state index in [1.807, 2.05) is 30.3 Å². The van der Waals surface area contributed by atoms with Gasteiger partial charge >= 0.3 is 0 Å². The minimum Gasteiger partial charge on any atom is -0.484 e. The van der Waals surface area contributed by atoms with Crippen molar-refractivity contribution in [3.8, 4) is 5.75 Å². The van der Waals surface area contributed by atoms with Gasteiger partial charge in [-0.05, 0) is 30.9 Å². The number of para-hydroxylation sites is 1. The maximum Gasteiger partial charge on any atom is 0.257 e. The van der Waals surface area contributed by atoms with Crippen LogP contribution in [0.4, 0.5) is 0 Å². The highest BCUT2D eigenvalue weighted by atomic mass is 35.5. The Hall–Kier alpha value is -1.22. The van der Waals surface area contributed by atoms with Crippen molar-refractivity contribution < 1.29 is 9.53 Å². The second-order valence-electron chi connectivity index (χ2n) is 4.26. The van der Waals surface area contributed by atoms with Crippen LogP contribution in [0.25, 0.3) is 0 Å². The summed E-state index contributed by atoms with van der Waals surface area (Å²) in [5.41, 5.74) is 0. The lowest BCUT2D eigenvalue weighted by Crippen LogP contribution is -2.34. The number of carbonyl (C=O) groups excluding carboxylic acids is 1. The largest absolute Gasteiger partial charge is 0.484 e. The van der Waals surface area contributed by atoms with Crippen molar-refractivity contribution in [3.05, 3.63) is 30.3 Å². The molecule has 1 aromatic carbocycles. The van der Waals surface area contributed by atoms with Gasteiger partial charge in [0.15, 0.2) is 6.61 Å². The van der Waals surface area contributed by atoms with Gasteiger partial charge in [0.05, 0.1) is 5.38 Å². The first-order chi connectivity index (χ1) is 8.25. The molecule has 0 aliphatic heterocycles. The average molecular weight is 254 g/mol. The summed E-state index contributed by atoms with van der Waals surface area (Å²) in [5, 5.41) is 2.84. The van der Waals surface area contributed by atoms with Crippen LogP contribution in [-0.4, -0.2) is 24.4 Å². The van der Waals surface area contributed by atoms with Crippen LogP contribution in [0.15, 0.2) is 30.3 Å². The molecule has 0 bridgehead atoms. The summed E-state index contributed by atoms with van der Waals surface area (Å²) in [4.78, 5) is 11.5. The second-order valence-corrected chi connectivity index (χ2v) is 4.82. The molecule has 17 heavy (non-hydrogen) atoms. The van der Waals surface area contributed by atoms with Crippen LogP contribution in [-0.2, 0) is 4.79 Å². The van der Waals surface area contributed by atoms with Gasteiger partial charge in [-0.25, -0.2) is 0 Å². The fourth-order valence-electron chi connectivity index (χ4n) is 1.55. The Kier molecular flexibility index (Phi) is 4.26. The number of carbonyl (C=O) groups is 1. The van der Waals surface area contributed by atoms with Crippen molar-refractivity contribution in [3.63, 3.8) is 0 Å². The highest BCUT2D eigenvalue weighted by molar-refractivity contribution is 6.21. The number of halogens is 1. The number of alkyl halides is 1. The third kappa shape index (κ3) is 4.27. The molecule has 0 spiro atoms. The third-order valence-corrected chi connectivity index (χ3v) is 3.25. The van der Waals surface area contributed by atoms with E-state index in [4.69, 9.17) is 16.3 Å². The molecule has 0 aromatic heterocycles. The van der Waals surface area contributed by atoms with Crippen molar-refractivity contribution >= 4 is 17.5 Å². The zero-order valence-corrected chi connectivity index (χ0v) is 10.3. The molecule has 3 nitrogen and oxygen atoms in total. The van der Waals surface area contributed by atoms with E-state index in [9.17, 15) is 4.79 Å². The summed E-state index contributed by atoms with van der Waals surface area (Å²) in [6, 6.07) is 9.29. The van der Waals surface area contributed by atoms with Crippen LogP contribution in [0.2, 0.25) is 0 Å². The van der Waals surface area contributed by atoms with Gasteiger partial charge < -0.3 is 10.1 Å². The van der Waals surface area contributed by atoms with E-state index in [0.717, 1.165) is 0 Å². The molecule has 0 saturated heterocycles. The zero-order chi connectivity index (χ0) is 12.1. The van der Waals surface area contributed by atoms with Crippen molar-refractivity contribution in [1.82, 2.24) is 5.32 Å². The monoisotopic (exact) mass is 253 g/mol. The molecule has 1 atom stereocenters. The van der Waals surface area contributed by atoms with E-state index >= 15 is 0 Å². The summed E-state index contributed by atoms with van der Waals surface area (Å²) in [5.74, 6) is 1.17. The number of nitrogens with one attached hydrogen (secondary N) is 1. The SMILES string of the molecule is O=C(COc1ccccc1)NCC(Cl)C1CC1. The lowest BCUT2D eigenvalue weighted by atomic mass is 10.3. The fraction of sp³-hybridized carbons (Fsp3) is 0.462. The Morgan fingerprint density at radius 1 is 1.41 bits per heavy atom. The van der Waals surface area contributed by atoms with Gasteiger partial charge in [-0.3, -0.25) is 4.79 Å². The number of hydrogen-bond donors (Lipinski definition) is 1. The van der Waals surface area contributed by atoms with E-state index in [2.05, 4.69) is 5.32 Å². The number of amides is 1. The first kappa shape index (κ1) is 12.2. The maximum atomic E-state index is 11.5. The van der Waals surface area contributed by atoms with Crippen LogP contribution in [0.5, 0.6) is 5.75 Å². The lowest BCUT2D eigenvalue weighted by molar-refractivity contribution is -0.123. The van der Waals surface area contributed by atoms with E-state index in [0.29, 0.717) is 18.2 Å². The van der Waals surface area contributed by atoms with Crippen LogP contribution in [0.1, 0.15) is 12.8 Å². The Morgan fingerprint density at radius 3 is 2.76 bits per heavy atom. The van der Waals surface area contributed by atoms with Gasteiger partial charge in [0.25, 0.3) is 5.91 Å². The molecule has 1 aliphatic rings. The smallest absolute Gasteiger partial charge is 0.257 e. The molecule has 0 heterocycles. The van der Waals surface area contributed by atoms with E-state index in [1.165, 1.54) is 12.8 Å². The van der Waals surface area contributed by atoms with Gasteiger partial charge in [-0.15, -0.1) is 11.6 Å². The van der Waals surface area contributed by atoms with Gasteiger partial charge in [0.2, 0.25) is 0 Å². The predicted octanol–water partition coefficient (Wildman–Crippen LogP) is 2.20. The summed E-state index contributed by atoms with van der Waals surface area (Å²) in [6.45, 7) is 0.571. The molecule has 1 unspecified atom stereocenters. The molecule has 92 valence electrons. The van der Waals surface area contributed by atoms with Gasteiger partial charge in [-0.2, -0.15) is 0 Å². The van der Waals surface area contributed by atoms with E-state index < -0.39 is 0 Å². The second kappa shape index (κ2) is 5.92. The van der Waals surface area contributed by atoms with Crippen molar-refractivity contribution in [2.24, 2.45) is 5.92 Å². The summed E-state index contributed by atoms with van der Waals surface area (Å²) in [6.07, 6.45) is 2.37. The predicted molar refractivity (Wildman–Crippen MR) is 67.3 cm³/mol. The molecule has 1 aliphatic carbocycles. The van der Waals surface area contributed by atoms with Crippen molar-refractivity contribution in [1.29, 1.82) is 0 Å². The first-order valence-electron chi connectivity index (χ1n) is 5.84. The number of hydrogen-bond acceptors (Lipinski definition) is 2. The molecule has 1 N–H and O–H groups in total. The third-order valence-electron chi connectivity index (χ3n) is 2.74. The Morgan fingerprint density at radius 2 is 2.12 bits per heavy atom. The first-order valence-corrected chi connectivity index (χ1v) is 6.28. The topological polar surface area (TPSA) is 38.3 Å². The Bertz CT molecular complexity index is 365. The lowest BCUT2D eigenvalue weighted by Gasteiger charge is -2.10. The normalized spacial score (nSPS) is 16.3. The quantitative estimate of drug-likeness (QED) is 0.790. The zero-order valence-electron chi connectivity index (χ0n) is 9.56. The summed E-state index contributed by atoms with van der Waals surface area (Å²) >= 11 is 6.08. The maximum absolute atomic E-state index is 11.5. The molecule has 1 fully saturated rings. The highest BCUT2D eigenvalue weighted by Crippen LogP contribution is 2.35. The Balaban J connectivity index is 1.63. The van der Waals surface area contributed by atoms with E-state index in [-0.39, 0.29) is 17.9 Å². The van der Waals surface area contributed by atoms with Gasteiger partial charge in [-0.1, -0.05) is 18.2 Å². The van der Waals surface area contributed by atoms with Crippen molar-refractivity contribution in [2.75, 3.05) is 13.2 Å². The van der Waals surface area contributed by atoms with Gasteiger partial charge in [0, 0.05) is 6.54 Å².